The monoisotopic (exact) mass is 1080 g/mol. The van der Waals surface area contributed by atoms with Crippen molar-refractivity contribution < 1.29 is 72.3 Å². The minimum absolute atomic E-state index is 0.0317. The summed E-state index contributed by atoms with van der Waals surface area (Å²) < 4.78 is 63.7. The largest absolute Gasteiger partial charge is 0.462 e. The van der Waals surface area contributed by atoms with E-state index in [1.165, 1.54) is 0 Å². The standard InChI is InChI=1S/C48H72O14.C13H12N2O/c1-11-25(2)43-28(5)17-18-47(62-43)23-34-20-33(61-47)16-15-27(4)42(26(3)13-12-14-32-24-55-45-40(49)29(6)19-35(46(51)58-34)48(32,45)52)59-39-22-37(54-10)44(31(8)57-39)60-38-21-36(53-9)41(50)30(7)56-38;16-13(14-11-7-3-1-4-8-11)15-12-9-5-2-6-10-12/h12-15,17-19,25-26,28,30-31,33-45,49-50,52H,11,16,20-24H2,1-10H3;1-10H,(H2,14,15,16). The van der Waals surface area contributed by atoms with Crippen LogP contribution in [-0.4, -0.2) is 145 Å². The van der Waals surface area contributed by atoms with Crippen molar-refractivity contribution >= 4 is 23.4 Å². The van der Waals surface area contributed by atoms with Crippen LogP contribution in [0.2, 0.25) is 0 Å². The summed E-state index contributed by atoms with van der Waals surface area (Å²) in [5.74, 6) is -2.56. The van der Waals surface area contributed by atoms with E-state index in [1.807, 2.05) is 92.7 Å². The number of methoxy groups -OCH3 is 2. The van der Waals surface area contributed by atoms with E-state index in [0.717, 1.165) is 23.4 Å². The van der Waals surface area contributed by atoms with E-state index < -0.39 is 90.8 Å². The summed E-state index contributed by atoms with van der Waals surface area (Å²) in [6.07, 6.45) is 8.55. The molecule has 2 bridgehead atoms. The van der Waals surface area contributed by atoms with Crippen LogP contribution < -0.4 is 10.6 Å². The van der Waals surface area contributed by atoms with Gasteiger partial charge < -0.3 is 73.3 Å². The van der Waals surface area contributed by atoms with Crippen LogP contribution in [0.15, 0.2) is 120 Å². The molecule has 5 N–H and O–H groups in total. The molecule has 17 nitrogen and oxygen atoms in total. The molecule has 1 spiro atoms. The van der Waals surface area contributed by atoms with E-state index in [9.17, 15) is 24.9 Å². The van der Waals surface area contributed by atoms with E-state index in [4.69, 9.17) is 47.4 Å². The fourth-order valence-electron chi connectivity index (χ4n) is 11.9. The topological polar surface area (TPSA) is 211 Å². The first-order valence-electron chi connectivity index (χ1n) is 27.9. The van der Waals surface area contributed by atoms with Crippen molar-refractivity contribution in [3.05, 3.63) is 120 Å². The van der Waals surface area contributed by atoms with Crippen LogP contribution in [0.1, 0.15) is 93.9 Å². The van der Waals surface area contributed by atoms with Gasteiger partial charge in [0.15, 0.2) is 18.4 Å². The number of aliphatic hydroxyl groups excluding tert-OH is 2. The minimum atomic E-state index is -1.84. The van der Waals surface area contributed by atoms with Crippen molar-refractivity contribution in [2.45, 2.75) is 191 Å². The molecule has 2 amide bonds. The molecule has 4 fully saturated rings. The number of carbonyl (C=O) groups is 2. The molecule has 17 heteroatoms. The lowest BCUT2D eigenvalue weighted by Crippen LogP contribution is -2.58. The molecule has 2 aromatic carbocycles. The summed E-state index contributed by atoms with van der Waals surface area (Å²) in [6.45, 7) is 16.1. The molecular weight excluding hydrogens is 1000 g/mol. The average molecular weight is 1090 g/mol. The van der Waals surface area contributed by atoms with Crippen LogP contribution in [0.25, 0.3) is 0 Å². The third kappa shape index (κ3) is 13.8. The molecule has 2 aromatic rings. The number of benzene rings is 2. The van der Waals surface area contributed by atoms with Crippen LogP contribution >= 0.6 is 0 Å². The highest BCUT2D eigenvalue weighted by molar-refractivity contribution is 5.99. The first-order valence-corrected chi connectivity index (χ1v) is 27.9. The molecule has 20 unspecified atom stereocenters. The number of amides is 2. The summed E-state index contributed by atoms with van der Waals surface area (Å²) in [7, 11) is 3.22. The van der Waals surface area contributed by atoms with Gasteiger partial charge in [-0.25, -0.2) is 4.79 Å². The highest BCUT2D eigenvalue weighted by Crippen LogP contribution is 2.47. The number of hydrogen-bond acceptors (Lipinski definition) is 15. The molecule has 0 saturated carbocycles. The SMILES string of the molecule is CCC(C)C1OC2(C=CC1C)CC1CC(CC=C(C)C(OC3CC(OC)C(OC4CC(OC)C(O)C(C)O4)C(C)O3)C(C)C=CC=C3COC4C(O)C(C)=CC(C(=O)O1)C34O)O2.O=C(Nc1ccccc1)Nc1ccccc1. The first kappa shape index (κ1) is 59.5. The van der Waals surface area contributed by atoms with Crippen molar-refractivity contribution in [3.8, 4) is 0 Å². The van der Waals surface area contributed by atoms with Gasteiger partial charge in [-0.3, -0.25) is 4.79 Å². The molecule has 1 aliphatic carbocycles. The number of anilines is 2. The van der Waals surface area contributed by atoms with Crippen molar-refractivity contribution in [2.75, 3.05) is 31.5 Å². The van der Waals surface area contributed by atoms with Crippen LogP contribution in [0.5, 0.6) is 0 Å². The molecule has 428 valence electrons. The maximum absolute atomic E-state index is 14.3. The lowest BCUT2D eigenvalue weighted by molar-refractivity contribution is -0.318. The predicted octanol–water partition coefficient (Wildman–Crippen LogP) is 8.71. The number of aliphatic hydroxyl groups is 3. The van der Waals surface area contributed by atoms with Gasteiger partial charge >= 0.3 is 12.0 Å². The van der Waals surface area contributed by atoms with Gasteiger partial charge in [0.25, 0.3) is 0 Å². The molecule has 7 aliphatic rings. The van der Waals surface area contributed by atoms with Crippen molar-refractivity contribution in [1.82, 2.24) is 0 Å². The quantitative estimate of drug-likeness (QED) is 0.111. The number of fused-ring (bicyclic) bond motifs is 2. The molecule has 0 radical (unpaired) electrons. The molecule has 0 aromatic heterocycles. The number of hydrogen-bond donors (Lipinski definition) is 5. The molecule has 20 atom stereocenters. The number of esters is 1. The lowest BCUT2D eigenvalue weighted by atomic mass is 9.71. The van der Waals surface area contributed by atoms with Crippen LogP contribution in [0.3, 0.4) is 0 Å². The second-order valence-electron chi connectivity index (χ2n) is 22.3. The molecular formula is C61H84N2O15. The van der Waals surface area contributed by atoms with Gasteiger partial charge in [0, 0.05) is 63.1 Å². The number of rotatable bonds is 10. The molecule has 6 aliphatic heterocycles. The van der Waals surface area contributed by atoms with Crippen LogP contribution in [0.4, 0.5) is 16.2 Å². The van der Waals surface area contributed by atoms with E-state index >= 15 is 0 Å². The van der Waals surface area contributed by atoms with Crippen molar-refractivity contribution in [2.24, 2.45) is 23.7 Å². The fraction of sp³-hybridized carbons (Fsp3) is 0.607. The van der Waals surface area contributed by atoms with E-state index in [0.29, 0.717) is 43.3 Å². The Kier molecular flexibility index (Phi) is 20.1. The zero-order chi connectivity index (χ0) is 55.9. The molecule has 4 saturated heterocycles. The molecule has 6 heterocycles. The highest BCUT2D eigenvalue weighted by atomic mass is 16.7. The van der Waals surface area contributed by atoms with Gasteiger partial charge in [0.1, 0.15) is 42.0 Å². The average Bonchev–Trinajstić information content (AvgIpc) is 3.96. The lowest BCUT2D eigenvalue weighted by Gasteiger charge is -2.48. The Morgan fingerprint density at radius 2 is 1.45 bits per heavy atom. The Labute approximate surface area is 460 Å². The smallest absolute Gasteiger partial charge is 0.323 e. The van der Waals surface area contributed by atoms with Gasteiger partial charge in [0.2, 0.25) is 0 Å². The number of para-hydroxylation sites is 2. The Balaban J connectivity index is 0.000000427. The van der Waals surface area contributed by atoms with Gasteiger partial charge in [-0.2, -0.15) is 0 Å². The van der Waals surface area contributed by atoms with Gasteiger partial charge in [0.05, 0.1) is 49.3 Å². The van der Waals surface area contributed by atoms with Crippen LogP contribution in [-0.2, 0) is 52.2 Å². The van der Waals surface area contributed by atoms with Gasteiger partial charge in [-0.1, -0.05) is 107 Å². The summed E-state index contributed by atoms with van der Waals surface area (Å²) in [5.41, 5.74) is 1.68. The molecule has 78 heavy (non-hydrogen) atoms. The zero-order valence-electron chi connectivity index (χ0n) is 46.9. The second kappa shape index (κ2) is 26.3. The third-order valence-electron chi connectivity index (χ3n) is 16.6. The van der Waals surface area contributed by atoms with Crippen molar-refractivity contribution in [3.63, 3.8) is 0 Å². The van der Waals surface area contributed by atoms with E-state index in [-0.39, 0.29) is 48.7 Å². The Morgan fingerprint density at radius 3 is 2.10 bits per heavy atom. The normalized spacial score (nSPS) is 39.3. The Bertz CT molecular complexity index is 2430. The number of ether oxygens (including phenoxy) is 10. The zero-order valence-corrected chi connectivity index (χ0v) is 46.9. The third-order valence-corrected chi connectivity index (χ3v) is 16.6. The first-order chi connectivity index (χ1) is 37.3. The second-order valence-corrected chi connectivity index (χ2v) is 22.3. The fourth-order valence-corrected chi connectivity index (χ4v) is 11.9. The van der Waals surface area contributed by atoms with E-state index in [1.54, 1.807) is 40.2 Å². The number of urea groups is 1. The van der Waals surface area contributed by atoms with Crippen LogP contribution in [0, 0.1) is 23.7 Å². The van der Waals surface area contributed by atoms with Gasteiger partial charge in [-0.15, -0.1) is 0 Å². The van der Waals surface area contributed by atoms with E-state index in [2.05, 4.69) is 50.5 Å². The summed E-state index contributed by atoms with van der Waals surface area (Å²) >= 11 is 0. The minimum Gasteiger partial charge on any atom is -0.462 e. The molecule has 9 rings (SSSR count). The Morgan fingerprint density at radius 1 is 0.808 bits per heavy atom. The highest BCUT2D eigenvalue weighted by Gasteiger charge is 2.60. The summed E-state index contributed by atoms with van der Waals surface area (Å²) in [5, 5.41) is 39.7. The summed E-state index contributed by atoms with van der Waals surface area (Å²) in [6, 6.07) is 18.4. The maximum atomic E-state index is 14.3. The Hall–Kier alpha value is -4.60. The number of allylic oxidation sites excluding steroid dienone is 2. The summed E-state index contributed by atoms with van der Waals surface area (Å²) in [4.78, 5) is 25.9. The van der Waals surface area contributed by atoms with Gasteiger partial charge in [-0.05, 0) is 87.1 Å². The number of carbonyl (C=O) groups excluding carboxylic acids is 2. The number of nitrogens with one attached hydrogen (secondary N) is 2. The van der Waals surface area contributed by atoms with Crippen molar-refractivity contribution in [1.29, 1.82) is 0 Å². The maximum Gasteiger partial charge on any atom is 0.323 e. The predicted molar refractivity (Wildman–Crippen MR) is 293 cm³/mol.